The van der Waals surface area contributed by atoms with Crippen molar-refractivity contribution in [2.45, 2.75) is 25.7 Å². The van der Waals surface area contributed by atoms with Gasteiger partial charge in [-0.2, -0.15) is 0 Å². The number of fused-ring (bicyclic) bond motifs is 4. The van der Waals surface area contributed by atoms with Crippen LogP contribution in [0, 0.1) is 0 Å². The maximum absolute atomic E-state index is 11.4. The van der Waals surface area contributed by atoms with Crippen LogP contribution in [0.3, 0.4) is 0 Å². The average Bonchev–Trinajstić information content (AvgIpc) is 3.20. The van der Waals surface area contributed by atoms with E-state index in [0.717, 1.165) is 101 Å². The molecule has 0 spiro atoms. The third-order valence-electron chi connectivity index (χ3n) is 9.61. The Balaban J connectivity index is 1.08. The third-order valence-corrected chi connectivity index (χ3v) is 9.61. The number of para-hydroxylation sites is 4. The highest BCUT2D eigenvalue weighted by atomic mass is 16.5. The molecule has 0 saturated carbocycles. The minimum absolute atomic E-state index is 0.366. The zero-order chi connectivity index (χ0) is 36.1. The lowest BCUT2D eigenvalue weighted by atomic mass is 10.0. The van der Waals surface area contributed by atoms with E-state index in [1.807, 2.05) is 36.4 Å². The van der Waals surface area contributed by atoms with E-state index in [1.54, 1.807) is 7.11 Å². The lowest BCUT2D eigenvalue weighted by Gasteiger charge is -2.34. The highest BCUT2D eigenvalue weighted by molar-refractivity contribution is 5.90. The molecule has 2 heterocycles. The van der Waals surface area contributed by atoms with Crippen LogP contribution in [0.15, 0.2) is 146 Å². The molecule has 0 saturated heterocycles. The minimum atomic E-state index is -0.392. The predicted molar refractivity (Wildman–Crippen MR) is 211 cm³/mol. The Morgan fingerprint density at radius 1 is 0.585 bits per heavy atom. The highest BCUT2D eigenvalue weighted by Crippen LogP contribution is 2.53. The molecule has 0 atom stereocenters. The maximum Gasteiger partial charge on any atom is 0.330 e. The number of carbonyl (C=O) groups is 1. The van der Waals surface area contributed by atoms with Crippen LogP contribution in [0.25, 0.3) is 11.1 Å². The van der Waals surface area contributed by atoms with E-state index < -0.39 is 5.97 Å². The molecule has 6 aromatic carbocycles. The fraction of sp³-hybridized carbons (Fsp3) is 0.152. The summed E-state index contributed by atoms with van der Waals surface area (Å²) in [4.78, 5) is 15.9. The zero-order valence-electron chi connectivity index (χ0n) is 29.7. The number of ether oxygens (including phenoxy) is 4. The molecule has 7 nitrogen and oxygen atoms in total. The summed E-state index contributed by atoms with van der Waals surface area (Å²) in [6, 6.07) is 46.3. The Bertz CT molecular complexity index is 2260. The molecule has 0 amide bonds. The number of hydrogen-bond donors (Lipinski definition) is 0. The number of esters is 1. The smallest absolute Gasteiger partial charge is 0.330 e. The number of carbonyl (C=O) groups excluding carboxylic acids is 1. The Morgan fingerprint density at radius 2 is 1.04 bits per heavy atom. The van der Waals surface area contributed by atoms with E-state index >= 15 is 0 Å². The maximum atomic E-state index is 11.4. The molecular formula is C46H40N2O5. The van der Waals surface area contributed by atoms with Gasteiger partial charge in [0, 0.05) is 31.2 Å². The molecular weight excluding hydrogens is 661 g/mol. The fourth-order valence-corrected chi connectivity index (χ4v) is 6.98. The second-order valence-electron chi connectivity index (χ2n) is 13.1. The van der Waals surface area contributed by atoms with Gasteiger partial charge in [0.05, 0.1) is 29.4 Å². The van der Waals surface area contributed by atoms with Crippen molar-refractivity contribution in [1.29, 1.82) is 0 Å². The molecule has 0 fully saturated rings. The van der Waals surface area contributed by atoms with Crippen molar-refractivity contribution in [2.24, 2.45) is 0 Å². The quantitative estimate of drug-likeness (QED) is 0.0714. The van der Waals surface area contributed by atoms with E-state index in [9.17, 15) is 4.79 Å². The first-order chi connectivity index (χ1) is 26.1. The van der Waals surface area contributed by atoms with E-state index in [-0.39, 0.29) is 0 Å². The first-order valence-corrected chi connectivity index (χ1v) is 18.0. The Kier molecular flexibility index (Phi) is 9.65. The van der Waals surface area contributed by atoms with Crippen molar-refractivity contribution in [3.8, 4) is 34.1 Å². The summed E-state index contributed by atoms with van der Waals surface area (Å²) in [6.45, 7) is 4.57. The summed E-state index contributed by atoms with van der Waals surface area (Å²) < 4.78 is 23.5. The van der Waals surface area contributed by atoms with Crippen molar-refractivity contribution in [3.63, 3.8) is 0 Å². The van der Waals surface area contributed by atoms with Crippen LogP contribution < -0.4 is 19.3 Å². The number of methoxy groups -OCH3 is 1. The lowest BCUT2D eigenvalue weighted by molar-refractivity contribution is -0.137. The van der Waals surface area contributed by atoms with Crippen molar-refractivity contribution in [2.75, 3.05) is 30.1 Å². The van der Waals surface area contributed by atoms with Crippen molar-refractivity contribution >= 4 is 40.1 Å². The highest BCUT2D eigenvalue weighted by Gasteiger charge is 2.28. The molecule has 6 aromatic rings. The molecule has 2 aliphatic heterocycles. The van der Waals surface area contributed by atoms with Gasteiger partial charge < -0.3 is 28.7 Å². The first-order valence-electron chi connectivity index (χ1n) is 18.0. The first kappa shape index (κ1) is 33.8. The molecule has 0 bridgehead atoms. The molecule has 8 rings (SSSR count). The Hall–Kier alpha value is -6.31. The average molecular weight is 701 g/mol. The molecule has 2 aliphatic rings. The number of rotatable bonds is 12. The van der Waals surface area contributed by atoms with Crippen LogP contribution in [-0.2, 0) is 27.1 Å². The lowest BCUT2D eigenvalue weighted by Crippen LogP contribution is -2.16. The number of hydrogen-bond acceptors (Lipinski definition) is 7. The van der Waals surface area contributed by atoms with Crippen LogP contribution in [-0.4, -0.2) is 26.3 Å². The zero-order valence-corrected chi connectivity index (χ0v) is 29.7. The van der Waals surface area contributed by atoms with Gasteiger partial charge in [-0.3, -0.25) is 0 Å². The van der Waals surface area contributed by atoms with Gasteiger partial charge in [0.25, 0.3) is 0 Å². The summed E-state index contributed by atoms with van der Waals surface area (Å²) in [7, 11) is 1.74. The normalized spacial score (nSPS) is 12.4. The van der Waals surface area contributed by atoms with Gasteiger partial charge in [0.1, 0.15) is 0 Å². The van der Waals surface area contributed by atoms with Crippen molar-refractivity contribution in [1.82, 2.24) is 0 Å². The van der Waals surface area contributed by atoms with Gasteiger partial charge in [-0.05, 0) is 121 Å². The van der Waals surface area contributed by atoms with Crippen LogP contribution in [0.2, 0.25) is 0 Å². The molecule has 0 aliphatic carbocycles. The van der Waals surface area contributed by atoms with E-state index in [2.05, 4.69) is 113 Å². The number of benzene rings is 6. The Labute approximate surface area is 310 Å². The monoisotopic (exact) mass is 700 g/mol. The van der Waals surface area contributed by atoms with Gasteiger partial charge in [0.2, 0.25) is 0 Å². The molecule has 0 unspecified atom stereocenters. The summed E-state index contributed by atoms with van der Waals surface area (Å²) in [5.41, 5.74) is 10.5. The molecule has 264 valence electrons. The van der Waals surface area contributed by atoms with Crippen LogP contribution in [0.1, 0.15) is 24.0 Å². The standard InChI is InChI=1S/C46H40N2O5/c1-3-46(49)51-29-9-11-33-18-24-37(25-19-33)48-39-13-5-7-15-43(39)53-45-31-35(21-27-41(45)48)34-20-26-40-44(30-34)52-42-14-6-4-12-38(42)47(40)36-22-16-32(17-23-36)10-8-28-50-2/h3-7,12-27,30-31H,1,8-11,28-29H2,2H3. The van der Waals surface area contributed by atoms with Gasteiger partial charge in [-0.15, -0.1) is 0 Å². The predicted octanol–water partition coefficient (Wildman–Crippen LogP) is 11.7. The summed E-state index contributed by atoms with van der Waals surface area (Å²) in [5.74, 6) is 2.76. The fourth-order valence-electron chi connectivity index (χ4n) is 6.98. The largest absolute Gasteiger partial charge is 0.463 e. The second-order valence-corrected chi connectivity index (χ2v) is 13.1. The third kappa shape index (κ3) is 6.99. The van der Waals surface area contributed by atoms with Gasteiger partial charge >= 0.3 is 5.97 Å². The molecule has 0 aromatic heterocycles. The van der Waals surface area contributed by atoms with Gasteiger partial charge in [-0.1, -0.05) is 67.2 Å². The van der Waals surface area contributed by atoms with Crippen molar-refractivity contribution < 1.29 is 23.7 Å². The minimum Gasteiger partial charge on any atom is -0.463 e. The molecule has 0 radical (unpaired) electrons. The topological polar surface area (TPSA) is 60.5 Å². The Morgan fingerprint density at radius 3 is 1.51 bits per heavy atom. The van der Waals surface area contributed by atoms with E-state index in [0.29, 0.717) is 6.61 Å². The van der Waals surface area contributed by atoms with Crippen LogP contribution in [0.4, 0.5) is 34.1 Å². The summed E-state index contributed by atoms with van der Waals surface area (Å²) >= 11 is 0. The van der Waals surface area contributed by atoms with E-state index in [4.69, 9.17) is 18.9 Å². The van der Waals surface area contributed by atoms with Crippen LogP contribution in [0.5, 0.6) is 23.0 Å². The van der Waals surface area contributed by atoms with Crippen molar-refractivity contribution in [3.05, 3.63) is 157 Å². The summed E-state index contributed by atoms with van der Waals surface area (Å²) in [6.07, 6.45) is 4.71. The molecule has 0 N–H and O–H groups in total. The number of nitrogens with zero attached hydrogens (tertiary/aromatic N) is 2. The van der Waals surface area contributed by atoms with Gasteiger partial charge in [0.15, 0.2) is 23.0 Å². The molecule has 7 heteroatoms. The second kappa shape index (κ2) is 15.1. The SMILES string of the molecule is C=CC(=O)OCCCc1ccc(N2c3ccccc3Oc3cc(-c4ccc5c(c4)Oc4ccccc4N5c4ccc(CCCOC)cc4)ccc32)cc1. The number of aryl methyl sites for hydroxylation is 2. The summed E-state index contributed by atoms with van der Waals surface area (Å²) in [5, 5.41) is 0. The number of anilines is 6. The molecule has 53 heavy (non-hydrogen) atoms. The van der Waals surface area contributed by atoms with Crippen LogP contribution >= 0.6 is 0 Å². The van der Waals surface area contributed by atoms with Gasteiger partial charge in [-0.25, -0.2) is 4.79 Å². The van der Waals surface area contributed by atoms with E-state index in [1.165, 1.54) is 17.2 Å².